The molecule has 0 amide bonds. The number of benzene rings is 2. The van der Waals surface area contributed by atoms with Crippen molar-refractivity contribution in [2.45, 2.75) is 0 Å². The van der Waals surface area contributed by atoms with Crippen LogP contribution in [0.5, 0.6) is 0 Å². The molecule has 0 fully saturated rings. The van der Waals surface area contributed by atoms with E-state index in [2.05, 4.69) is 0 Å². The summed E-state index contributed by atoms with van der Waals surface area (Å²) in [6, 6.07) is 14.6. The van der Waals surface area contributed by atoms with Crippen LogP contribution in [0.4, 0.5) is 0 Å². The maximum atomic E-state index is 11.4. The van der Waals surface area contributed by atoms with Gasteiger partial charge in [-0.15, -0.1) is 0 Å². The summed E-state index contributed by atoms with van der Waals surface area (Å²) < 4.78 is 0. The molecule has 0 bridgehead atoms. The van der Waals surface area contributed by atoms with Gasteiger partial charge in [0.2, 0.25) is 0 Å². The maximum absolute atomic E-state index is 11.4. The van der Waals surface area contributed by atoms with E-state index in [1.165, 1.54) is 0 Å². The highest BCUT2D eigenvalue weighted by Crippen LogP contribution is 2.09. The van der Waals surface area contributed by atoms with Crippen LogP contribution in [0.1, 0.15) is 31.8 Å². The van der Waals surface area contributed by atoms with E-state index in [4.69, 9.17) is 11.5 Å². The molecule has 4 nitrogen and oxygen atoms in total. The Bertz CT molecular complexity index is 690. The molecule has 4 heteroatoms. The minimum Gasteiger partial charge on any atom is -0.324 e. The molecule has 0 atom stereocenters. The van der Waals surface area contributed by atoms with E-state index >= 15 is 0 Å². The molecule has 122 valence electrons. The van der Waals surface area contributed by atoms with Gasteiger partial charge in [-0.05, 0) is 11.1 Å². The Morgan fingerprint density at radius 2 is 1.00 bits per heavy atom. The Morgan fingerprint density at radius 3 is 1.29 bits per heavy atom. The number of ketones is 2. The third-order valence-corrected chi connectivity index (χ3v) is 3.52. The second kappa shape index (κ2) is 8.72. The minimum atomic E-state index is -0.0676. The summed E-state index contributed by atoms with van der Waals surface area (Å²) in [4.78, 5) is 22.9. The molecular weight excluding hydrogens is 300 g/mol. The van der Waals surface area contributed by atoms with Gasteiger partial charge < -0.3 is 11.5 Å². The zero-order chi connectivity index (χ0) is 17.4. The predicted molar refractivity (Wildman–Crippen MR) is 97.7 cm³/mol. The van der Waals surface area contributed by atoms with Gasteiger partial charge in [0.05, 0.1) is 13.1 Å². The average Bonchev–Trinajstić information content (AvgIpc) is 2.65. The molecule has 0 aliphatic heterocycles. The molecule has 0 saturated heterocycles. The maximum Gasteiger partial charge on any atom is 0.176 e. The molecule has 0 aliphatic rings. The van der Waals surface area contributed by atoms with Crippen molar-refractivity contribution in [1.29, 1.82) is 0 Å². The lowest BCUT2D eigenvalue weighted by molar-refractivity contribution is 0.0993. The zero-order valence-corrected chi connectivity index (χ0v) is 13.3. The SMILES string of the molecule is NCC(=O)c1ccc(/C=C/C=C/c2ccc(C(=O)CN)cc2)cc1. The highest BCUT2D eigenvalue weighted by molar-refractivity contribution is 5.98. The van der Waals surface area contributed by atoms with Gasteiger partial charge in [-0.1, -0.05) is 72.8 Å². The van der Waals surface area contributed by atoms with Crippen LogP contribution in [0.3, 0.4) is 0 Å². The van der Waals surface area contributed by atoms with Crippen LogP contribution in [0.15, 0.2) is 60.7 Å². The molecule has 2 aromatic rings. The third kappa shape index (κ3) is 4.84. The molecule has 2 rings (SSSR count). The van der Waals surface area contributed by atoms with Crippen molar-refractivity contribution in [3.8, 4) is 0 Å². The molecular formula is C20H20N2O2. The summed E-state index contributed by atoms with van der Waals surface area (Å²) in [5.74, 6) is -0.135. The van der Waals surface area contributed by atoms with Crippen molar-refractivity contribution in [2.24, 2.45) is 11.5 Å². The first-order valence-electron chi connectivity index (χ1n) is 7.65. The third-order valence-electron chi connectivity index (χ3n) is 3.52. The van der Waals surface area contributed by atoms with E-state index in [9.17, 15) is 9.59 Å². The molecule has 0 saturated carbocycles. The monoisotopic (exact) mass is 320 g/mol. The van der Waals surface area contributed by atoms with E-state index in [0.717, 1.165) is 11.1 Å². The number of hydrogen-bond acceptors (Lipinski definition) is 4. The molecule has 0 aliphatic carbocycles. The van der Waals surface area contributed by atoms with Crippen molar-refractivity contribution in [2.75, 3.05) is 13.1 Å². The fraction of sp³-hybridized carbons (Fsp3) is 0.100. The van der Waals surface area contributed by atoms with Gasteiger partial charge in [-0.2, -0.15) is 0 Å². The largest absolute Gasteiger partial charge is 0.324 e. The van der Waals surface area contributed by atoms with Crippen molar-refractivity contribution >= 4 is 23.7 Å². The summed E-state index contributed by atoms with van der Waals surface area (Å²) >= 11 is 0. The van der Waals surface area contributed by atoms with Crippen LogP contribution in [0, 0.1) is 0 Å². The van der Waals surface area contributed by atoms with Crippen molar-refractivity contribution in [1.82, 2.24) is 0 Å². The fourth-order valence-corrected chi connectivity index (χ4v) is 2.13. The highest BCUT2D eigenvalue weighted by Gasteiger charge is 2.02. The van der Waals surface area contributed by atoms with Crippen LogP contribution in [0.2, 0.25) is 0 Å². The lowest BCUT2D eigenvalue weighted by Crippen LogP contribution is -2.13. The first-order valence-corrected chi connectivity index (χ1v) is 7.65. The van der Waals surface area contributed by atoms with Crippen LogP contribution in [-0.4, -0.2) is 24.7 Å². The number of nitrogens with two attached hydrogens (primary N) is 2. The molecule has 2 aromatic carbocycles. The van der Waals surface area contributed by atoms with Gasteiger partial charge in [0.1, 0.15) is 0 Å². The van der Waals surface area contributed by atoms with Gasteiger partial charge in [0, 0.05) is 11.1 Å². The van der Waals surface area contributed by atoms with Gasteiger partial charge >= 0.3 is 0 Å². The average molecular weight is 320 g/mol. The van der Waals surface area contributed by atoms with Crippen LogP contribution >= 0.6 is 0 Å². The second-order valence-electron chi connectivity index (χ2n) is 5.22. The first-order chi connectivity index (χ1) is 11.6. The van der Waals surface area contributed by atoms with E-state index in [1.807, 2.05) is 48.6 Å². The summed E-state index contributed by atoms with van der Waals surface area (Å²) in [5.41, 5.74) is 13.9. The van der Waals surface area contributed by atoms with Crippen LogP contribution < -0.4 is 11.5 Å². The summed E-state index contributed by atoms with van der Waals surface area (Å²) in [5, 5.41) is 0. The van der Waals surface area contributed by atoms with E-state index in [1.54, 1.807) is 24.3 Å². The minimum absolute atomic E-state index is 0.0214. The zero-order valence-electron chi connectivity index (χ0n) is 13.3. The number of allylic oxidation sites excluding steroid dienone is 2. The van der Waals surface area contributed by atoms with Crippen LogP contribution in [0.25, 0.3) is 12.2 Å². The Kier molecular flexibility index (Phi) is 6.37. The standard InChI is InChI=1S/C20H20N2O2/c21-13-19(23)17-9-5-15(6-10-17)3-1-2-4-16-7-11-18(12-8-16)20(24)14-22/h1-12H,13-14,21-22H2/b3-1+,4-2+. The van der Waals surface area contributed by atoms with E-state index in [0.29, 0.717) is 11.1 Å². The number of carbonyl (C=O) groups is 2. The van der Waals surface area contributed by atoms with E-state index in [-0.39, 0.29) is 24.7 Å². The second-order valence-corrected chi connectivity index (χ2v) is 5.22. The molecule has 0 aromatic heterocycles. The number of carbonyl (C=O) groups excluding carboxylic acids is 2. The molecule has 0 heterocycles. The Balaban J connectivity index is 1.96. The Hall–Kier alpha value is -2.82. The smallest absolute Gasteiger partial charge is 0.176 e. The van der Waals surface area contributed by atoms with Gasteiger partial charge in [-0.25, -0.2) is 0 Å². The number of rotatable bonds is 7. The normalized spacial score (nSPS) is 11.2. The molecule has 4 N–H and O–H groups in total. The van der Waals surface area contributed by atoms with Gasteiger partial charge in [-0.3, -0.25) is 9.59 Å². The summed E-state index contributed by atoms with van der Waals surface area (Å²) in [7, 11) is 0. The first kappa shape index (κ1) is 17.5. The summed E-state index contributed by atoms with van der Waals surface area (Å²) in [6.07, 6.45) is 7.72. The molecule has 0 radical (unpaired) electrons. The van der Waals surface area contributed by atoms with Crippen molar-refractivity contribution in [3.63, 3.8) is 0 Å². The van der Waals surface area contributed by atoms with Crippen molar-refractivity contribution < 1.29 is 9.59 Å². The number of Topliss-reactive ketones (excluding diaryl/α,β-unsaturated/α-hetero) is 2. The Labute approximate surface area is 141 Å². The Morgan fingerprint density at radius 1 is 0.667 bits per heavy atom. The number of hydrogen-bond donors (Lipinski definition) is 2. The lowest BCUT2D eigenvalue weighted by Gasteiger charge is -1.98. The molecule has 24 heavy (non-hydrogen) atoms. The van der Waals surface area contributed by atoms with Gasteiger partial charge in [0.15, 0.2) is 11.6 Å². The van der Waals surface area contributed by atoms with Crippen molar-refractivity contribution in [3.05, 3.63) is 82.9 Å². The highest BCUT2D eigenvalue weighted by atomic mass is 16.1. The topological polar surface area (TPSA) is 86.2 Å². The molecule has 0 unspecified atom stereocenters. The quantitative estimate of drug-likeness (QED) is 0.606. The fourth-order valence-electron chi connectivity index (χ4n) is 2.13. The molecule has 0 spiro atoms. The van der Waals surface area contributed by atoms with Gasteiger partial charge in [0.25, 0.3) is 0 Å². The predicted octanol–water partition coefficient (Wildman–Crippen LogP) is 2.70. The lowest BCUT2D eigenvalue weighted by atomic mass is 10.1. The van der Waals surface area contributed by atoms with Crippen LogP contribution in [-0.2, 0) is 0 Å². The van der Waals surface area contributed by atoms with E-state index < -0.39 is 0 Å². The summed E-state index contributed by atoms with van der Waals surface area (Å²) in [6.45, 7) is 0.0428.